The summed E-state index contributed by atoms with van der Waals surface area (Å²) in [4.78, 5) is 0. The number of benzene rings is 3. The summed E-state index contributed by atoms with van der Waals surface area (Å²) >= 11 is 0. The van der Waals surface area contributed by atoms with Gasteiger partial charge in [0.2, 0.25) is 0 Å². The number of allylic oxidation sites excluding steroid dienone is 4. The Balaban J connectivity index is 2.10. The van der Waals surface area contributed by atoms with Gasteiger partial charge in [-0.15, -0.1) is 0 Å². The summed E-state index contributed by atoms with van der Waals surface area (Å²) in [7, 11) is 0. The molecular weight excluding hydrogens is 512 g/mol. The quantitative estimate of drug-likeness (QED) is 0.112. The van der Waals surface area contributed by atoms with Crippen molar-refractivity contribution in [2.75, 3.05) is 0 Å². The summed E-state index contributed by atoms with van der Waals surface area (Å²) in [5.41, 5.74) is 0.0253. The molecule has 0 heterocycles. The lowest BCUT2D eigenvalue weighted by Gasteiger charge is -2.49. The summed E-state index contributed by atoms with van der Waals surface area (Å²) in [6.07, 6.45) is 7.11. The molecule has 3 aromatic carbocycles. The molecule has 0 aromatic heterocycles. The number of aliphatic hydroxyl groups is 2. The van der Waals surface area contributed by atoms with Crippen molar-refractivity contribution < 1.29 is 40.9 Å². The lowest BCUT2D eigenvalue weighted by atomic mass is 9.53. The first kappa shape index (κ1) is 28.3. The Morgan fingerprint density at radius 1 is 0.650 bits per heavy atom. The van der Waals surface area contributed by atoms with Gasteiger partial charge in [0, 0.05) is 40.8 Å². The summed E-state index contributed by atoms with van der Waals surface area (Å²) in [6, 6.07) is 12.4. The fourth-order valence-electron chi connectivity index (χ4n) is 6.17. The van der Waals surface area contributed by atoms with Crippen molar-refractivity contribution in [3.05, 3.63) is 108 Å². The van der Waals surface area contributed by atoms with Crippen molar-refractivity contribution in [2.45, 2.75) is 43.9 Å². The molecule has 1 fully saturated rings. The molecule has 1 aliphatic carbocycles. The minimum Gasteiger partial charge on any atom is -0.512 e. The summed E-state index contributed by atoms with van der Waals surface area (Å²) in [6.45, 7) is 3.52. The van der Waals surface area contributed by atoms with Gasteiger partial charge in [0.25, 0.3) is 0 Å². The smallest absolute Gasteiger partial charge is 0.123 e. The number of aromatic hydroxyl groups is 6. The second-order valence-electron chi connectivity index (χ2n) is 10.3. The molecule has 0 aliphatic heterocycles. The maximum absolute atomic E-state index is 11.7. The minimum absolute atomic E-state index is 0.159. The SMILES string of the molecule is C=C/C(O)=C\C=C(/O)C(c1ccc(O)cc1O)C1(C(c2ccc(O)cc2O)c2ccc(O)cc2O)CCCCC1. The van der Waals surface area contributed by atoms with Crippen molar-refractivity contribution >= 4 is 0 Å². The van der Waals surface area contributed by atoms with Crippen molar-refractivity contribution in [3.63, 3.8) is 0 Å². The van der Waals surface area contributed by atoms with Crippen LogP contribution in [0, 0.1) is 5.41 Å². The van der Waals surface area contributed by atoms with E-state index in [1.807, 2.05) is 0 Å². The van der Waals surface area contributed by atoms with E-state index >= 15 is 0 Å². The highest BCUT2D eigenvalue weighted by atomic mass is 16.3. The number of phenols is 6. The summed E-state index contributed by atoms with van der Waals surface area (Å²) < 4.78 is 0. The van der Waals surface area contributed by atoms with Gasteiger partial charge in [0.05, 0.1) is 5.92 Å². The molecule has 0 amide bonds. The largest absolute Gasteiger partial charge is 0.512 e. The average Bonchev–Trinajstić information content (AvgIpc) is 2.91. The molecule has 1 unspecified atom stereocenters. The number of phenolic OH excluding ortho intramolecular Hbond substituents is 6. The molecule has 40 heavy (non-hydrogen) atoms. The third-order valence-corrected chi connectivity index (χ3v) is 7.84. The van der Waals surface area contributed by atoms with E-state index < -0.39 is 17.3 Å². The van der Waals surface area contributed by atoms with Crippen LogP contribution >= 0.6 is 0 Å². The van der Waals surface area contributed by atoms with Crippen molar-refractivity contribution in [2.24, 2.45) is 5.41 Å². The molecule has 0 radical (unpaired) electrons. The Kier molecular flexibility index (Phi) is 8.18. The van der Waals surface area contributed by atoms with Crippen LogP contribution in [0.15, 0.2) is 90.9 Å². The Bertz CT molecular complexity index is 1400. The topological polar surface area (TPSA) is 162 Å². The van der Waals surface area contributed by atoms with Gasteiger partial charge >= 0.3 is 0 Å². The number of hydrogen-bond acceptors (Lipinski definition) is 8. The first-order chi connectivity index (χ1) is 19.1. The van der Waals surface area contributed by atoms with E-state index in [1.165, 1.54) is 60.7 Å². The van der Waals surface area contributed by atoms with Gasteiger partial charge in [-0.25, -0.2) is 0 Å². The van der Waals surface area contributed by atoms with Crippen LogP contribution in [-0.4, -0.2) is 40.9 Å². The molecular formula is C32H34O8. The van der Waals surface area contributed by atoms with E-state index in [4.69, 9.17) is 0 Å². The highest BCUT2D eigenvalue weighted by Crippen LogP contribution is 2.63. The lowest BCUT2D eigenvalue weighted by molar-refractivity contribution is 0.106. The predicted molar refractivity (Wildman–Crippen MR) is 151 cm³/mol. The second-order valence-corrected chi connectivity index (χ2v) is 10.3. The van der Waals surface area contributed by atoms with Gasteiger partial charge in [-0.2, -0.15) is 0 Å². The molecule has 3 aromatic rings. The van der Waals surface area contributed by atoms with Crippen LogP contribution in [0.1, 0.15) is 60.6 Å². The van der Waals surface area contributed by atoms with Gasteiger partial charge in [0.1, 0.15) is 46.0 Å². The molecule has 1 aliphatic rings. The van der Waals surface area contributed by atoms with Crippen LogP contribution in [0.4, 0.5) is 0 Å². The molecule has 8 heteroatoms. The fraction of sp³-hybridized carbons (Fsp3) is 0.250. The zero-order chi connectivity index (χ0) is 29.0. The summed E-state index contributed by atoms with van der Waals surface area (Å²) in [5, 5.41) is 85.1. The Morgan fingerprint density at radius 2 is 1.10 bits per heavy atom. The summed E-state index contributed by atoms with van der Waals surface area (Å²) in [5.74, 6) is -3.38. The van der Waals surface area contributed by atoms with Gasteiger partial charge in [-0.3, -0.25) is 0 Å². The van der Waals surface area contributed by atoms with Gasteiger partial charge in [-0.1, -0.05) is 44.0 Å². The maximum Gasteiger partial charge on any atom is 0.123 e. The standard InChI is InChI=1S/C32H34O8/c1-2-19(33)9-13-26(37)31(25-12-8-22(36)18-29(25)40)32(14-4-3-5-15-32)30(23-10-6-20(34)16-27(23)38)24-11-7-21(35)17-28(24)39/h2,6-13,16-18,30-31,33-40H,1,3-5,14-15H2/b19-9+,26-13-. The Hall–Kier alpha value is -4.72. The zero-order valence-corrected chi connectivity index (χ0v) is 21.9. The van der Waals surface area contributed by atoms with Crippen LogP contribution < -0.4 is 0 Å². The van der Waals surface area contributed by atoms with E-state index in [-0.39, 0.29) is 46.0 Å². The third-order valence-electron chi connectivity index (χ3n) is 7.84. The van der Waals surface area contributed by atoms with Crippen LogP contribution in [0.3, 0.4) is 0 Å². The van der Waals surface area contributed by atoms with E-state index in [0.717, 1.165) is 19.3 Å². The minimum atomic E-state index is -0.992. The highest BCUT2D eigenvalue weighted by molar-refractivity contribution is 5.54. The van der Waals surface area contributed by atoms with Crippen LogP contribution in [-0.2, 0) is 0 Å². The number of hydrogen-bond donors (Lipinski definition) is 8. The molecule has 1 saturated carbocycles. The molecule has 210 valence electrons. The average molecular weight is 547 g/mol. The van der Waals surface area contributed by atoms with E-state index in [9.17, 15) is 40.9 Å². The van der Waals surface area contributed by atoms with Gasteiger partial charge in [0.15, 0.2) is 0 Å². The second kappa shape index (κ2) is 11.6. The van der Waals surface area contributed by atoms with Gasteiger partial charge < -0.3 is 40.9 Å². The Labute approximate surface area is 232 Å². The normalized spacial score (nSPS) is 16.5. The van der Waals surface area contributed by atoms with Gasteiger partial charge in [-0.05, 0) is 54.7 Å². The van der Waals surface area contributed by atoms with Crippen molar-refractivity contribution in [3.8, 4) is 34.5 Å². The Morgan fingerprint density at radius 3 is 1.52 bits per heavy atom. The van der Waals surface area contributed by atoms with Crippen molar-refractivity contribution in [1.29, 1.82) is 0 Å². The molecule has 8 N–H and O–H groups in total. The first-order valence-electron chi connectivity index (χ1n) is 13.0. The van der Waals surface area contributed by atoms with E-state index in [2.05, 4.69) is 6.58 Å². The molecule has 0 spiro atoms. The molecule has 0 saturated heterocycles. The zero-order valence-electron chi connectivity index (χ0n) is 21.9. The molecule has 8 nitrogen and oxygen atoms in total. The van der Waals surface area contributed by atoms with E-state index in [0.29, 0.717) is 29.5 Å². The molecule has 0 bridgehead atoms. The highest BCUT2D eigenvalue weighted by Gasteiger charge is 2.51. The number of aliphatic hydroxyl groups excluding tert-OH is 2. The van der Waals surface area contributed by atoms with Crippen LogP contribution in [0.5, 0.6) is 34.5 Å². The third kappa shape index (κ3) is 5.52. The molecule has 4 rings (SSSR count). The van der Waals surface area contributed by atoms with Crippen LogP contribution in [0.25, 0.3) is 0 Å². The first-order valence-corrected chi connectivity index (χ1v) is 13.0. The van der Waals surface area contributed by atoms with Crippen molar-refractivity contribution in [1.82, 2.24) is 0 Å². The van der Waals surface area contributed by atoms with E-state index in [1.54, 1.807) is 12.1 Å². The number of rotatable bonds is 8. The fourth-order valence-corrected chi connectivity index (χ4v) is 6.17. The predicted octanol–water partition coefficient (Wildman–Crippen LogP) is 6.86. The monoisotopic (exact) mass is 546 g/mol. The maximum atomic E-state index is 11.7. The van der Waals surface area contributed by atoms with Crippen LogP contribution in [0.2, 0.25) is 0 Å². The molecule has 1 atom stereocenters. The lowest BCUT2D eigenvalue weighted by Crippen LogP contribution is -2.39.